The topological polar surface area (TPSA) is 72.1 Å². The van der Waals surface area contributed by atoms with Crippen molar-refractivity contribution in [3.8, 4) is 0 Å². The molecule has 5 nitrogen and oxygen atoms in total. The van der Waals surface area contributed by atoms with Gasteiger partial charge in [0, 0.05) is 7.05 Å². The van der Waals surface area contributed by atoms with Crippen LogP contribution in [0.3, 0.4) is 0 Å². The van der Waals surface area contributed by atoms with Crippen LogP contribution in [0, 0.1) is 0 Å². The highest BCUT2D eigenvalue weighted by atomic mass is 32.1. The van der Waals surface area contributed by atoms with Crippen LogP contribution in [0.5, 0.6) is 0 Å². The van der Waals surface area contributed by atoms with Crippen molar-refractivity contribution in [1.82, 2.24) is 15.1 Å². The van der Waals surface area contributed by atoms with Gasteiger partial charge >= 0.3 is 0 Å². The van der Waals surface area contributed by atoms with Crippen molar-refractivity contribution in [2.45, 2.75) is 0 Å². The number of rotatable bonds is 3. The maximum absolute atomic E-state index is 11.6. The molecule has 0 spiro atoms. The van der Waals surface area contributed by atoms with Crippen LogP contribution in [-0.4, -0.2) is 39.6 Å². The molecule has 0 atom stereocenters. The highest BCUT2D eigenvalue weighted by Gasteiger charge is 2.11. The zero-order chi connectivity index (χ0) is 10.6. The number of thiocarbonyl (C=S) groups is 1. The molecule has 1 heterocycles. The first kappa shape index (κ1) is 10.5. The molecular weight excluding hydrogens is 200 g/mol. The first-order valence-corrected chi connectivity index (χ1v) is 4.32. The van der Waals surface area contributed by atoms with Gasteiger partial charge in [0.1, 0.15) is 0 Å². The monoisotopic (exact) mass is 210 g/mol. The van der Waals surface area contributed by atoms with Crippen LogP contribution in [0.25, 0.3) is 0 Å². The fourth-order valence-corrected chi connectivity index (χ4v) is 1.14. The zero-order valence-corrected chi connectivity index (χ0v) is 8.49. The smallest absolute Gasteiger partial charge is 0.255 e. The van der Waals surface area contributed by atoms with E-state index in [2.05, 4.69) is 10.2 Å². The maximum atomic E-state index is 11.6. The Balaban J connectivity index is 2.71. The second-order valence-electron chi connectivity index (χ2n) is 2.76. The number of carbonyl (C=O) groups excluding carboxylic acids is 1. The first-order valence-electron chi connectivity index (χ1n) is 3.91. The van der Waals surface area contributed by atoms with Crippen molar-refractivity contribution in [3.63, 3.8) is 0 Å². The molecule has 0 unspecified atom stereocenters. The molecule has 0 aromatic carbocycles. The molecule has 0 aliphatic carbocycles. The highest BCUT2D eigenvalue weighted by molar-refractivity contribution is 7.80. The summed E-state index contributed by atoms with van der Waals surface area (Å²) < 4.78 is 0. The van der Waals surface area contributed by atoms with Crippen LogP contribution in [0.15, 0.2) is 18.5 Å². The quantitative estimate of drug-likeness (QED) is 0.701. The van der Waals surface area contributed by atoms with E-state index in [1.54, 1.807) is 13.1 Å². The summed E-state index contributed by atoms with van der Waals surface area (Å²) in [6.45, 7) is 0.260. The van der Waals surface area contributed by atoms with Gasteiger partial charge in [-0.3, -0.25) is 4.79 Å². The summed E-state index contributed by atoms with van der Waals surface area (Å²) in [5.41, 5.74) is 5.79. The molecule has 1 aromatic heterocycles. The molecule has 74 valence electrons. The Bertz CT molecular complexity index is 340. The molecule has 14 heavy (non-hydrogen) atoms. The number of nitrogens with two attached hydrogens (primary N) is 1. The second-order valence-corrected chi connectivity index (χ2v) is 3.28. The summed E-state index contributed by atoms with van der Waals surface area (Å²) in [7, 11) is 1.63. The standard InChI is InChI=1S/C8H10N4OS/c1-12(5-7(9)14)8(13)6-2-3-10-11-4-6/h2-4H,5H2,1H3,(H2,9,14). The molecule has 0 fully saturated rings. The van der Waals surface area contributed by atoms with Gasteiger partial charge < -0.3 is 10.6 Å². The summed E-state index contributed by atoms with van der Waals surface area (Å²) in [5, 5.41) is 7.18. The van der Waals surface area contributed by atoms with Crippen LogP contribution >= 0.6 is 12.2 Å². The molecule has 0 bridgehead atoms. The number of hydrogen-bond donors (Lipinski definition) is 1. The number of nitrogens with zero attached hydrogens (tertiary/aromatic N) is 3. The van der Waals surface area contributed by atoms with Gasteiger partial charge in [-0.1, -0.05) is 12.2 Å². The number of likely N-dealkylation sites (N-methyl/N-ethyl adjacent to an activating group) is 1. The largest absolute Gasteiger partial charge is 0.392 e. The SMILES string of the molecule is CN(CC(N)=S)C(=O)c1ccnnc1. The average Bonchev–Trinajstić information content (AvgIpc) is 2.17. The molecule has 0 aliphatic heterocycles. The van der Waals surface area contributed by atoms with E-state index in [-0.39, 0.29) is 17.4 Å². The fourth-order valence-electron chi connectivity index (χ4n) is 0.943. The molecule has 6 heteroatoms. The van der Waals surface area contributed by atoms with E-state index < -0.39 is 0 Å². The number of hydrogen-bond acceptors (Lipinski definition) is 4. The Hall–Kier alpha value is -1.56. The molecule has 1 aromatic rings. The van der Waals surface area contributed by atoms with Crippen molar-refractivity contribution < 1.29 is 4.79 Å². The van der Waals surface area contributed by atoms with Crippen molar-refractivity contribution in [3.05, 3.63) is 24.0 Å². The molecule has 0 saturated carbocycles. The first-order chi connectivity index (χ1) is 6.61. The van der Waals surface area contributed by atoms with E-state index >= 15 is 0 Å². The van der Waals surface area contributed by atoms with Gasteiger partial charge in [0.15, 0.2) is 0 Å². The van der Waals surface area contributed by atoms with Gasteiger partial charge in [-0.15, -0.1) is 0 Å². The Morgan fingerprint density at radius 3 is 2.86 bits per heavy atom. The van der Waals surface area contributed by atoms with E-state index in [9.17, 15) is 4.79 Å². The van der Waals surface area contributed by atoms with Gasteiger partial charge in [-0.05, 0) is 6.07 Å². The highest BCUT2D eigenvalue weighted by Crippen LogP contribution is 1.99. The Morgan fingerprint density at radius 1 is 1.64 bits per heavy atom. The Morgan fingerprint density at radius 2 is 2.36 bits per heavy atom. The minimum atomic E-state index is -0.173. The molecular formula is C8H10N4OS. The summed E-state index contributed by atoms with van der Waals surface area (Å²) in [4.78, 5) is 13.3. The molecule has 0 aliphatic rings. The van der Waals surface area contributed by atoms with Crippen molar-refractivity contribution in [2.75, 3.05) is 13.6 Å². The predicted molar refractivity (Wildman–Crippen MR) is 55.8 cm³/mol. The third-order valence-electron chi connectivity index (χ3n) is 1.57. The van der Waals surface area contributed by atoms with Crippen LogP contribution < -0.4 is 5.73 Å². The Labute approximate surface area is 86.9 Å². The van der Waals surface area contributed by atoms with Crippen molar-refractivity contribution in [1.29, 1.82) is 0 Å². The van der Waals surface area contributed by atoms with E-state index in [1.807, 2.05) is 0 Å². The Kier molecular flexibility index (Phi) is 3.47. The molecule has 0 saturated heterocycles. The number of carbonyl (C=O) groups is 1. The molecule has 1 rings (SSSR count). The normalized spacial score (nSPS) is 9.50. The lowest BCUT2D eigenvalue weighted by Gasteiger charge is -2.15. The lowest BCUT2D eigenvalue weighted by molar-refractivity contribution is 0.0814. The van der Waals surface area contributed by atoms with Crippen molar-refractivity contribution >= 4 is 23.1 Å². The second kappa shape index (κ2) is 4.61. The van der Waals surface area contributed by atoms with Gasteiger partial charge in [0.25, 0.3) is 5.91 Å². The number of amides is 1. The fraction of sp³-hybridized carbons (Fsp3) is 0.250. The zero-order valence-electron chi connectivity index (χ0n) is 7.67. The molecule has 2 N–H and O–H groups in total. The minimum absolute atomic E-state index is 0.173. The van der Waals surface area contributed by atoms with Gasteiger partial charge in [-0.25, -0.2) is 0 Å². The molecule has 1 amide bonds. The summed E-state index contributed by atoms with van der Waals surface area (Å²) in [5.74, 6) is -0.173. The maximum Gasteiger partial charge on any atom is 0.255 e. The lowest BCUT2D eigenvalue weighted by Crippen LogP contribution is -2.34. The van der Waals surface area contributed by atoms with E-state index in [0.29, 0.717) is 5.56 Å². The minimum Gasteiger partial charge on any atom is -0.392 e. The molecule has 0 radical (unpaired) electrons. The summed E-state index contributed by atoms with van der Waals surface area (Å²) in [6.07, 6.45) is 2.86. The van der Waals surface area contributed by atoms with E-state index in [1.165, 1.54) is 17.3 Å². The summed E-state index contributed by atoms with van der Waals surface area (Å²) >= 11 is 4.70. The van der Waals surface area contributed by atoms with Gasteiger partial charge in [0.05, 0.1) is 29.5 Å². The van der Waals surface area contributed by atoms with Crippen LogP contribution in [0.4, 0.5) is 0 Å². The van der Waals surface area contributed by atoms with Crippen LogP contribution in [-0.2, 0) is 0 Å². The third kappa shape index (κ3) is 2.74. The van der Waals surface area contributed by atoms with Crippen molar-refractivity contribution in [2.24, 2.45) is 5.73 Å². The third-order valence-corrected chi connectivity index (χ3v) is 1.70. The van der Waals surface area contributed by atoms with E-state index in [4.69, 9.17) is 18.0 Å². The van der Waals surface area contributed by atoms with Crippen LogP contribution in [0.2, 0.25) is 0 Å². The van der Waals surface area contributed by atoms with Crippen LogP contribution in [0.1, 0.15) is 10.4 Å². The predicted octanol–water partition coefficient (Wildman–Crippen LogP) is -0.165. The van der Waals surface area contributed by atoms with Gasteiger partial charge in [-0.2, -0.15) is 10.2 Å². The summed E-state index contributed by atoms with van der Waals surface area (Å²) in [6, 6.07) is 1.59. The average molecular weight is 210 g/mol. The van der Waals surface area contributed by atoms with Gasteiger partial charge in [0.2, 0.25) is 0 Å². The number of aromatic nitrogens is 2. The van der Waals surface area contributed by atoms with E-state index in [0.717, 1.165) is 0 Å². The lowest BCUT2D eigenvalue weighted by atomic mass is 10.3.